The fourth-order valence-electron chi connectivity index (χ4n) is 1.21. The molecule has 71 valence electrons. The number of rotatable bonds is 1. The van der Waals surface area contributed by atoms with E-state index in [1.165, 1.54) is 6.21 Å². The van der Waals surface area contributed by atoms with Crippen LogP contribution in [-0.2, 0) is 0 Å². The maximum absolute atomic E-state index is 13.2. The average molecular weight is 210 g/mol. The van der Waals surface area contributed by atoms with E-state index in [1.54, 1.807) is 24.3 Å². The molecular formula is C10H7ClFN2. The summed E-state index contributed by atoms with van der Waals surface area (Å²) >= 11 is 5.72. The van der Waals surface area contributed by atoms with E-state index < -0.39 is 6.17 Å². The molecule has 1 aliphatic rings. The van der Waals surface area contributed by atoms with Gasteiger partial charge in [-0.2, -0.15) is 0 Å². The summed E-state index contributed by atoms with van der Waals surface area (Å²) in [5.41, 5.74) is 1.06. The fraction of sp³-hybridized carbons (Fsp3) is 0.100. The molecule has 4 heteroatoms. The maximum atomic E-state index is 13.2. The molecule has 1 aliphatic heterocycles. The van der Waals surface area contributed by atoms with Crippen molar-refractivity contribution >= 4 is 23.5 Å². The highest BCUT2D eigenvalue weighted by Gasteiger charge is 2.18. The number of hydrogen-bond donors (Lipinski definition) is 0. The summed E-state index contributed by atoms with van der Waals surface area (Å²) in [6, 6.07) is 6.89. The lowest BCUT2D eigenvalue weighted by molar-refractivity contribution is 0.623. The highest BCUT2D eigenvalue weighted by molar-refractivity contribution is 6.30. The molecule has 0 aromatic heterocycles. The van der Waals surface area contributed by atoms with E-state index in [2.05, 4.69) is 9.98 Å². The van der Waals surface area contributed by atoms with Crippen molar-refractivity contribution in [2.75, 3.05) is 6.67 Å². The van der Waals surface area contributed by atoms with Crippen LogP contribution in [0.15, 0.2) is 34.3 Å². The molecule has 1 aromatic rings. The van der Waals surface area contributed by atoms with Crippen molar-refractivity contribution in [3.63, 3.8) is 0 Å². The minimum absolute atomic E-state index is 0.283. The number of benzene rings is 1. The molecule has 0 unspecified atom stereocenters. The third-order valence-electron chi connectivity index (χ3n) is 1.86. The Morgan fingerprint density at radius 2 is 1.93 bits per heavy atom. The standard InChI is InChI=1S/C10H7ClFN2/c11-8-3-1-7(2-4-8)10-9(12)5-13-6-14-10/h1-5H,6H2. The Morgan fingerprint density at radius 3 is 2.57 bits per heavy atom. The zero-order chi connectivity index (χ0) is 9.97. The van der Waals surface area contributed by atoms with Crippen LogP contribution >= 0.6 is 11.6 Å². The lowest BCUT2D eigenvalue weighted by atomic mass is 10.1. The predicted molar refractivity (Wildman–Crippen MR) is 55.7 cm³/mol. The SMILES string of the molecule is F[C]1C=NCN=C1c1ccc(Cl)cc1. The molecule has 1 heterocycles. The second-order valence-electron chi connectivity index (χ2n) is 2.81. The van der Waals surface area contributed by atoms with Crippen LogP contribution in [0.5, 0.6) is 0 Å². The van der Waals surface area contributed by atoms with Gasteiger partial charge in [-0.25, -0.2) is 4.39 Å². The Hall–Kier alpha value is -1.22. The second kappa shape index (κ2) is 3.88. The topological polar surface area (TPSA) is 24.7 Å². The minimum Gasteiger partial charge on any atom is -0.270 e. The summed E-state index contributed by atoms with van der Waals surface area (Å²) < 4.78 is 13.2. The van der Waals surface area contributed by atoms with Crippen LogP contribution in [0.4, 0.5) is 4.39 Å². The largest absolute Gasteiger partial charge is 0.270 e. The monoisotopic (exact) mass is 209 g/mol. The Morgan fingerprint density at radius 1 is 1.21 bits per heavy atom. The molecule has 0 saturated heterocycles. The van der Waals surface area contributed by atoms with Crippen LogP contribution < -0.4 is 0 Å². The molecular weight excluding hydrogens is 203 g/mol. The van der Waals surface area contributed by atoms with Gasteiger partial charge in [-0.1, -0.05) is 23.7 Å². The normalized spacial score (nSPS) is 16.9. The summed E-state index contributed by atoms with van der Waals surface area (Å²) in [4.78, 5) is 7.67. The summed E-state index contributed by atoms with van der Waals surface area (Å²) in [7, 11) is 0. The molecule has 2 rings (SSSR count). The van der Waals surface area contributed by atoms with Gasteiger partial charge in [0, 0.05) is 11.2 Å². The molecule has 0 fully saturated rings. The third-order valence-corrected chi connectivity index (χ3v) is 2.11. The summed E-state index contributed by atoms with van der Waals surface area (Å²) in [5.74, 6) is 0. The molecule has 0 saturated carbocycles. The van der Waals surface area contributed by atoms with E-state index >= 15 is 0 Å². The fourth-order valence-corrected chi connectivity index (χ4v) is 1.33. The zero-order valence-corrected chi connectivity index (χ0v) is 8.00. The van der Waals surface area contributed by atoms with Crippen LogP contribution in [0.25, 0.3) is 0 Å². The van der Waals surface area contributed by atoms with Gasteiger partial charge in [0.1, 0.15) is 6.67 Å². The zero-order valence-electron chi connectivity index (χ0n) is 7.24. The Labute approximate surface area is 86.1 Å². The molecule has 0 bridgehead atoms. The van der Waals surface area contributed by atoms with Crippen LogP contribution in [0.3, 0.4) is 0 Å². The van der Waals surface area contributed by atoms with E-state index in [1.807, 2.05) is 0 Å². The second-order valence-corrected chi connectivity index (χ2v) is 3.25. The van der Waals surface area contributed by atoms with Crippen molar-refractivity contribution in [1.29, 1.82) is 0 Å². The number of hydrogen-bond acceptors (Lipinski definition) is 2. The van der Waals surface area contributed by atoms with Crippen LogP contribution in [0.2, 0.25) is 5.02 Å². The molecule has 1 aromatic carbocycles. The molecule has 0 spiro atoms. The summed E-state index contributed by atoms with van der Waals surface area (Å²) in [6.07, 6.45) is 0.787. The van der Waals surface area contributed by atoms with Gasteiger partial charge in [-0.05, 0) is 17.7 Å². The van der Waals surface area contributed by atoms with E-state index in [4.69, 9.17) is 11.6 Å². The van der Waals surface area contributed by atoms with Crippen molar-refractivity contribution in [3.05, 3.63) is 41.0 Å². The van der Waals surface area contributed by atoms with E-state index in [0.717, 1.165) is 5.56 Å². The number of nitrogens with zero attached hydrogens (tertiary/aromatic N) is 2. The van der Waals surface area contributed by atoms with Gasteiger partial charge in [-0.3, -0.25) is 9.98 Å². The van der Waals surface area contributed by atoms with Gasteiger partial charge >= 0.3 is 0 Å². The van der Waals surface area contributed by atoms with Crippen molar-refractivity contribution in [2.45, 2.75) is 0 Å². The van der Waals surface area contributed by atoms with Crippen molar-refractivity contribution in [2.24, 2.45) is 9.98 Å². The Balaban J connectivity index is 2.31. The summed E-state index contributed by atoms with van der Waals surface area (Å²) in [6.45, 7) is 0.283. The van der Waals surface area contributed by atoms with Crippen molar-refractivity contribution in [3.8, 4) is 0 Å². The molecule has 14 heavy (non-hydrogen) atoms. The lowest BCUT2D eigenvalue weighted by Gasteiger charge is -2.10. The molecule has 0 N–H and O–H groups in total. The van der Waals surface area contributed by atoms with E-state index in [-0.39, 0.29) is 6.67 Å². The first-order chi connectivity index (χ1) is 6.77. The number of aliphatic imine (C=N–C) groups is 2. The molecule has 2 nitrogen and oxygen atoms in total. The molecule has 0 amide bonds. The quantitative estimate of drug-likeness (QED) is 0.680. The van der Waals surface area contributed by atoms with Gasteiger partial charge in [-0.15, -0.1) is 0 Å². The molecule has 0 atom stereocenters. The van der Waals surface area contributed by atoms with Gasteiger partial charge < -0.3 is 0 Å². The van der Waals surface area contributed by atoms with Gasteiger partial charge in [0.2, 0.25) is 6.17 Å². The highest BCUT2D eigenvalue weighted by Crippen LogP contribution is 2.17. The van der Waals surface area contributed by atoms with Crippen LogP contribution in [-0.4, -0.2) is 18.6 Å². The van der Waals surface area contributed by atoms with Crippen LogP contribution in [0.1, 0.15) is 5.56 Å². The third kappa shape index (κ3) is 1.82. The predicted octanol–water partition coefficient (Wildman–Crippen LogP) is 2.67. The number of halogens is 2. The van der Waals surface area contributed by atoms with E-state index in [0.29, 0.717) is 10.7 Å². The highest BCUT2D eigenvalue weighted by atomic mass is 35.5. The Bertz CT molecular complexity index is 384. The summed E-state index contributed by atoms with van der Waals surface area (Å²) in [5, 5.41) is 0.624. The van der Waals surface area contributed by atoms with Gasteiger partial charge in [0.25, 0.3) is 0 Å². The van der Waals surface area contributed by atoms with E-state index in [9.17, 15) is 4.39 Å². The van der Waals surface area contributed by atoms with Gasteiger partial charge in [0.05, 0.1) is 5.71 Å². The first-order valence-corrected chi connectivity index (χ1v) is 4.48. The van der Waals surface area contributed by atoms with Crippen molar-refractivity contribution < 1.29 is 4.39 Å². The molecule has 0 aliphatic carbocycles. The minimum atomic E-state index is -0.404. The van der Waals surface area contributed by atoms with Crippen LogP contribution in [0, 0.1) is 6.17 Å². The van der Waals surface area contributed by atoms with Gasteiger partial charge in [0.15, 0.2) is 0 Å². The Kier molecular flexibility index (Phi) is 2.59. The van der Waals surface area contributed by atoms with Crippen molar-refractivity contribution in [1.82, 2.24) is 0 Å². The first-order valence-electron chi connectivity index (χ1n) is 4.10. The first kappa shape index (κ1) is 9.34. The maximum Gasteiger partial charge on any atom is 0.232 e. The smallest absolute Gasteiger partial charge is 0.232 e. The lowest BCUT2D eigenvalue weighted by Crippen LogP contribution is -2.14. The molecule has 1 radical (unpaired) electrons. The average Bonchev–Trinajstić information content (AvgIpc) is 2.20.